The van der Waals surface area contributed by atoms with E-state index in [0.717, 1.165) is 25.0 Å². The lowest BCUT2D eigenvalue weighted by Crippen LogP contribution is -2.23. The number of hydrogen-bond acceptors (Lipinski definition) is 5. The largest absolute Gasteiger partial charge is 0.479 e. The van der Waals surface area contributed by atoms with Gasteiger partial charge in [-0.3, -0.25) is 0 Å². The topological polar surface area (TPSA) is 109 Å². The summed E-state index contributed by atoms with van der Waals surface area (Å²) in [4.78, 5) is 15.5. The standard InChI is InChI=1S/C19H19N3O3/c1-11(19(23)24)25-17-8-3-2-7-13(17)14-9-16(12-5-4-6-12)22-18(21)15(14)10-20/h2-3,7-9,11-12H,4-6H2,1H3,(H2,21,22)(H,23,24)/t11-/m0/s1. The van der Waals surface area contributed by atoms with Crippen molar-refractivity contribution in [3.05, 3.63) is 41.6 Å². The average molecular weight is 337 g/mol. The first kappa shape index (κ1) is 16.8. The zero-order valence-corrected chi connectivity index (χ0v) is 13.9. The van der Waals surface area contributed by atoms with E-state index in [1.807, 2.05) is 12.1 Å². The summed E-state index contributed by atoms with van der Waals surface area (Å²) in [7, 11) is 0. The highest BCUT2D eigenvalue weighted by atomic mass is 16.5. The van der Waals surface area contributed by atoms with Gasteiger partial charge in [-0.05, 0) is 31.9 Å². The summed E-state index contributed by atoms with van der Waals surface area (Å²) in [6, 6.07) is 11.1. The van der Waals surface area contributed by atoms with Gasteiger partial charge < -0.3 is 15.6 Å². The summed E-state index contributed by atoms with van der Waals surface area (Å²) >= 11 is 0. The monoisotopic (exact) mass is 337 g/mol. The Kier molecular flexibility index (Phi) is 4.57. The van der Waals surface area contributed by atoms with E-state index in [1.165, 1.54) is 6.92 Å². The van der Waals surface area contributed by atoms with Gasteiger partial charge in [0.2, 0.25) is 0 Å². The van der Waals surface area contributed by atoms with Crippen molar-refractivity contribution in [2.75, 3.05) is 5.73 Å². The Morgan fingerprint density at radius 1 is 1.40 bits per heavy atom. The number of carboxylic acid groups (broad SMARTS) is 1. The number of nitrogens with zero attached hydrogens (tertiary/aromatic N) is 2. The van der Waals surface area contributed by atoms with Gasteiger partial charge >= 0.3 is 5.97 Å². The van der Waals surface area contributed by atoms with E-state index in [0.29, 0.717) is 22.8 Å². The predicted octanol–water partition coefficient (Wildman–Crippen LogP) is 3.32. The molecule has 25 heavy (non-hydrogen) atoms. The molecule has 1 aliphatic carbocycles. The van der Waals surface area contributed by atoms with Gasteiger partial charge in [-0.2, -0.15) is 5.26 Å². The van der Waals surface area contributed by atoms with Gasteiger partial charge in [0.1, 0.15) is 23.2 Å². The maximum Gasteiger partial charge on any atom is 0.344 e. The van der Waals surface area contributed by atoms with Crippen LogP contribution in [0.15, 0.2) is 30.3 Å². The summed E-state index contributed by atoms with van der Waals surface area (Å²) in [5.41, 5.74) is 8.44. The number of rotatable bonds is 5. The molecule has 1 aliphatic rings. The number of hydrogen-bond donors (Lipinski definition) is 2. The third kappa shape index (κ3) is 3.26. The molecule has 1 heterocycles. The number of ether oxygens (including phenoxy) is 1. The normalized spacial score (nSPS) is 15.0. The number of nitrogens with two attached hydrogens (primary N) is 1. The highest BCUT2D eigenvalue weighted by molar-refractivity contribution is 5.80. The smallest absolute Gasteiger partial charge is 0.344 e. The van der Waals surface area contributed by atoms with Crippen LogP contribution in [0.25, 0.3) is 11.1 Å². The quantitative estimate of drug-likeness (QED) is 0.866. The lowest BCUT2D eigenvalue weighted by molar-refractivity contribution is -0.144. The maximum atomic E-state index is 11.1. The second kappa shape index (κ2) is 6.81. The minimum absolute atomic E-state index is 0.197. The van der Waals surface area contributed by atoms with Crippen LogP contribution < -0.4 is 10.5 Å². The second-order valence-electron chi connectivity index (χ2n) is 6.19. The second-order valence-corrected chi connectivity index (χ2v) is 6.19. The van der Waals surface area contributed by atoms with E-state index < -0.39 is 12.1 Å². The van der Waals surface area contributed by atoms with Crippen molar-refractivity contribution >= 4 is 11.8 Å². The van der Waals surface area contributed by atoms with Crippen LogP contribution in [0.1, 0.15) is 43.4 Å². The molecule has 0 spiro atoms. The SMILES string of the molecule is C[C@H](Oc1ccccc1-c1cc(C2CCC2)nc(N)c1C#N)C(=O)O. The van der Waals surface area contributed by atoms with Crippen molar-refractivity contribution in [1.29, 1.82) is 5.26 Å². The lowest BCUT2D eigenvalue weighted by atomic mass is 9.81. The molecule has 0 bridgehead atoms. The van der Waals surface area contributed by atoms with Crippen molar-refractivity contribution < 1.29 is 14.6 Å². The summed E-state index contributed by atoms with van der Waals surface area (Å²) in [6.45, 7) is 1.46. The van der Waals surface area contributed by atoms with Crippen LogP contribution in [-0.4, -0.2) is 22.2 Å². The number of nitriles is 1. The number of pyridine rings is 1. The number of nitrogen functional groups attached to an aromatic ring is 1. The van der Waals surface area contributed by atoms with Crippen molar-refractivity contribution in [2.45, 2.75) is 38.2 Å². The average Bonchev–Trinajstić information content (AvgIpc) is 2.53. The number of benzene rings is 1. The molecule has 1 aromatic heterocycles. The van der Waals surface area contributed by atoms with Crippen molar-refractivity contribution in [3.8, 4) is 22.9 Å². The molecule has 1 fully saturated rings. The summed E-state index contributed by atoms with van der Waals surface area (Å²) in [5.74, 6) is -0.0958. The molecule has 128 valence electrons. The molecule has 0 unspecified atom stereocenters. The maximum absolute atomic E-state index is 11.1. The fourth-order valence-corrected chi connectivity index (χ4v) is 2.86. The molecular formula is C19H19N3O3. The van der Waals surface area contributed by atoms with Gasteiger partial charge in [0.25, 0.3) is 0 Å². The predicted molar refractivity (Wildman–Crippen MR) is 93.1 cm³/mol. The summed E-state index contributed by atoms with van der Waals surface area (Å²) in [6.07, 6.45) is 2.28. The molecule has 3 N–H and O–H groups in total. The molecule has 0 aliphatic heterocycles. The molecular weight excluding hydrogens is 318 g/mol. The minimum atomic E-state index is -1.06. The first-order valence-electron chi connectivity index (χ1n) is 8.20. The Morgan fingerprint density at radius 3 is 2.72 bits per heavy atom. The van der Waals surface area contributed by atoms with Crippen LogP contribution in [-0.2, 0) is 4.79 Å². The molecule has 1 aromatic carbocycles. The van der Waals surface area contributed by atoms with E-state index >= 15 is 0 Å². The van der Waals surface area contributed by atoms with Crippen molar-refractivity contribution in [3.63, 3.8) is 0 Å². The molecule has 2 aromatic rings. The Hall–Kier alpha value is -3.07. The van der Waals surface area contributed by atoms with Gasteiger partial charge in [0.05, 0.1) is 0 Å². The number of aromatic nitrogens is 1. The minimum Gasteiger partial charge on any atom is -0.479 e. The third-order valence-electron chi connectivity index (χ3n) is 4.53. The molecule has 0 radical (unpaired) electrons. The summed E-state index contributed by atoms with van der Waals surface area (Å²) < 4.78 is 5.57. The molecule has 1 saturated carbocycles. The molecule has 0 amide bonds. The number of anilines is 1. The highest BCUT2D eigenvalue weighted by Crippen LogP contribution is 2.40. The highest BCUT2D eigenvalue weighted by Gasteiger charge is 2.25. The Balaban J connectivity index is 2.11. The van der Waals surface area contributed by atoms with Gasteiger partial charge in [-0.15, -0.1) is 0 Å². The number of carbonyl (C=O) groups is 1. The third-order valence-corrected chi connectivity index (χ3v) is 4.53. The molecule has 0 saturated heterocycles. The van der Waals surface area contributed by atoms with Crippen LogP contribution in [0, 0.1) is 11.3 Å². The van der Waals surface area contributed by atoms with Crippen LogP contribution in [0.3, 0.4) is 0 Å². The first-order valence-corrected chi connectivity index (χ1v) is 8.20. The van der Waals surface area contributed by atoms with E-state index in [-0.39, 0.29) is 11.4 Å². The fraction of sp³-hybridized carbons (Fsp3) is 0.316. The molecule has 1 atom stereocenters. The van der Waals surface area contributed by atoms with E-state index in [9.17, 15) is 10.1 Å². The Labute approximate surface area is 145 Å². The van der Waals surface area contributed by atoms with E-state index in [2.05, 4.69) is 11.1 Å². The van der Waals surface area contributed by atoms with Crippen molar-refractivity contribution in [1.82, 2.24) is 4.98 Å². The van der Waals surface area contributed by atoms with Crippen LogP contribution in [0.2, 0.25) is 0 Å². The first-order chi connectivity index (χ1) is 12.0. The van der Waals surface area contributed by atoms with E-state index in [1.54, 1.807) is 18.2 Å². The van der Waals surface area contributed by atoms with Crippen molar-refractivity contribution in [2.24, 2.45) is 0 Å². The van der Waals surface area contributed by atoms with E-state index in [4.69, 9.17) is 15.6 Å². The molecule has 6 heteroatoms. The number of carboxylic acids is 1. The van der Waals surface area contributed by atoms with Crippen LogP contribution in [0.4, 0.5) is 5.82 Å². The zero-order valence-electron chi connectivity index (χ0n) is 13.9. The molecule has 3 rings (SSSR count). The van der Waals surface area contributed by atoms with Gasteiger partial charge in [-0.1, -0.05) is 24.6 Å². The summed E-state index contributed by atoms with van der Waals surface area (Å²) in [5, 5.41) is 18.6. The van der Waals surface area contributed by atoms with Gasteiger partial charge in [-0.25, -0.2) is 9.78 Å². The number of para-hydroxylation sites is 1. The Bertz CT molecular complexity index is 853. The van der Waals surface area contributed by atoms with Crippen LogP contribution in [0.5, 0.6) is 5.75 Å². The Morgan fingerprint density at radius 2 is 2.12 bits per heavy atom. The fourth-order valence-electron chi connectivity index (χ4n) is 2.86. The van der Waals surface area contributed by atoms with Gasteiger partial charge in [0.15, 0.2) is 6.10 Å². The lowest BCUT2D eigenvalue weighted by Gasteiger charge is -2.26. The molecule has 6 nitrogen and oxygen atoms in total. The van der Waals surface area contributed by atoms with Gasteiger partial charge in [0, 0.05) is 22.7 Å². The van der Waals surface area contributed by atoms with Crippen LogP contribution >= 0.6 is 0 Å². The number of aliphatic carboxylic acids is 1. The zero-order chi connectivity index (χ0) is 18.0.